The lowest BCUT2D eigenvalue weighted by Gasteiger charge is -2.26. The number of hydrogen-bond acceptors (Lipinski definition) is 19. The fraction of sp³-hybridized carbons (Fsp3) is 0.412. The quantitative estimate of drug-likeness (QED) is 0.0168. The number of anilines is 3. The van der Waals surface area contributed by atoms with E-state index in [0.29, 0.717) is 72.3 Å². The summed E-state index contributed by atoms with van der Waals surface area (Å²) in [5.74, 6) is -3.70. The van der Waals surface area contributed by atoms with Gasteiger partial charge in [-0.2, -0.15) is 0 Å². The van der Waals surface area contributed by atoms with Crippen LogP contribution in [0.1, 0.15) is 70.6 Å². The zero-order valence-corrected chi connectivity index (χ0v) is 55.1. The van der Waals surface area contributed by atoms with Crippen LogP contribution in [-0.4, -0.2) is 208 Å². The van der Waals surface area contributed by atoms with Crippen LogP contribution < -0.4 is 25.6 Å². The van der Waals surface area contributed by atoms with Crippen molar-refractivity contribution in [2.75, 3.05) is 134 Å². The molecule has 0 bridgehead atoms. The van der Waals surface area contributed by atoms with E-state index in [-0.39, 0.29) is 119 Å². The van der Waals surface area contributed by atoms with Crippen LogP contribution in [0.2, 0.25) is 0 Å². The Balaban J connectivity index is 0.859. The van der Waals surface area contributed by atoms with E-state index in [9.17, 15) is 48.3 Å². The molecule has 0 saturated heterocycles. The third-order valence-electron chi connectivity index (χ3n) is 15.7. The Morgan fingerprint density at radius 1 is 0.740 bits per heavy atom. The summed E-state index contributed by atoms with van der Waals surface area (Å²) in [6, 6.07) is 21.9. The fourth-order valence-corrected chi connectivity index (χ4v) is 10.8. The van der Waals surface area contributed by atoms with E-state index in [4.69, 9.17) is 49.5 Å². The van der Waals surface area contributed by atoms with Crippen molar-refractivity contribution in [3.63, 3.8) is 0 Å². The third-order valence-corrected chi connectivity index (χ3v) is 16.1. The number of rotatable bonds is 35. The number of likely N-dealkylation sites (N-methyl/N-ethyl adjacent to an activating group) is 1. The number of aryl methyl sites for hydroxylation is 1. The van der Waals surface area contributed by atoms with Crippen molar-refractivity contribution in [2.24, 2.45) is 11.8 Å². The molecule has 0 aliphatic carbocycles. The number of aromatic nitrogens is 2. The predicted octanol–water partition coefficient (Wildman–Crippen LogP) is 7.73. The lowest BCUT2D eigenvalue weighted by molar-refractivity contribution is -0.137. The van der Waals surface area contributed by atoms with Gasteiger partial charge in [0.2, 0.25) is 5.91 Å². The van der Waals surface area contributed by atoms with E-state index in [1.54, 1.807) is 98.1 Å². The highest BCUT2D eigenvalue weighted by Crippen LogP contribution is 2.47. The summed E-state index contributed by atoms with van der Waals surface area (Å²) in [5.41, 5.74) is 4.33. The number of fused-ring (bicyclic) bond motifs is 4. The van der Waals surface area contributed by atoms with Gasteiger partial charge in [-0.15, -0.1) is 11.6 Å². The van der Waals surface area contributed by atoms with Crippen molar-refractivity contribution < 1.29 is 86.2 Å². The second-order valence-corrected chi connectivity index (χ2v) is 23.4. The number of carbonyl (C=O) groups excluding carboxylic acids is 9. The zero-order valence-electron chi connectivity index (χ0n) is 54.4. The van der Waals surface area contributed by atoms with Crippen molar-refractivity contribution in [3.8, 4) is 11.5 Å². The molecule has 0 fully saturated rings. The summed E-state index contributed by atoms with van der Waals surface area (Å²) in [7, 11) is 3.09. The Bertz CT molecular complexity index is 3750. The average molecular weight is 1350 g/mol. The number of halogens is 1. The molecule has 27 nitrogen and oxygen atoms in total. The van der Waals surface area contributed by atoms with Crippen LogP contribution in [0.25, 0.3) is 16.4 Å². The van der Waals surface area contributed by atoms with Gasteiger partial charge >= 0.3 is 18.3 Å². The summed E-state index contributed by atoms with van der Waals surface area (Å²) in [6.07, 6.45) is 3.00. The van der Waals surface area contributed by atoms with Crippen molar-refractivity contribution in [1.82, 2.24) is 29.4 Å². The highest BCUT2D eigenvalue weighted by Gasteiger charge is 2.37. The summed E-state index contributed by atoms with van der Waals surface area (Å²) in [5, 5.41) is 19.2. The van der Waals surface area contributed by atoms with Crippen LogP contribution in [0, 0.1) is 18.8 Å². The van der Waals surface area contributed by atoms with Gasteiger partial charge in [0.25, 0.3) is 23.6 Å². The maximum absolute atomic E-state index is 14.7. The number of pyridine rings is 1. The number of methoxy groups -OCH3 is 1. The molecule has 8 rings (SSSR count). The van der Waals surface area contributed by atoms with E-state index >= 15 is 0 Å². The Morgan fingerprint density at radius 3 is 2.08 bits per heavy atom. The molecule has 96 heavy (non-hydrogen) atoms. The molecule has 0 unspecified atom stereocenters. The van der Waals surface area contributed by atoms with E-state index < -0.39 is 59.8 Å². The van der Waals surface area contributed by atoms with Crippen LogP contribution in [0.3, 0.4) is 0 Å². The number of imidazole rings is 1. The highest BCUT2D eigenvalue weighted by molar-refractivity contribution is 6.19. The number of phenols is 1. The monoisotopic (exact) mass is 1350 g/mol. The molecule has 512 valence electrons. The normalized spacial score (nSPS) is 14.0. The van der Waals surface area contributed by atoms with Crippen LogP contribution in [0.5, 0.6) is 11.5 Å². The van der Waals surface area contributed by atoms with Crippen LogP contribution >= 0.6 is 11.6 Å². The molecule has 8 amide bonds. The smallest absolute Gasteiger partial charge is 0.415 e. The first-order valence-corrected chi connectivity index (χ1v) is 31.8. The van der Waals surface area contributed by atoms with Crippen LogP contribution in [0.15, 0.2) is 109 Å². The number of phenolic OH excluding ortho intramolecular Hbond substituents is 1. The predicted molar refractivity (Wildman–Crippen MR) is 353 cm³/mol. The Hall–Kier alpha value is -9.51. The zero-order chi connectivity index (χ0) is 68.8. The van der Waals surface area contributed by atoms with Crippen molar-refractivity contribution in [1.29, 1.82) is 0 Å². The number of alkyl halides is 1. The Kier molecular flexibility index (Phi) is 26.6. The van der Waals surface area contributed by atoms with Gasteiger partial charge in [0.05, 0.1) is 83.4 Å². The van der Waals surface area contributed by atoms with Gasteiger partial charge in [0, 0.05) is 112 Å². The number of ether oxygens (including phenoxy) is 8. The number of Topliss-reactive ketones (excluding diaryl/α,β-unsaturated/α-hetero) is 1. The van der Waals surface area contributed by atoms with E-state index in [0.717, 1.165) is 21.4 Å². The number of nitrogens with one attached hydrogen (secondary N) is 3. The minimum absolute atomic E-state index is 0.0199. The van der Waals surface area contributed by atoms with Gasteiger partial charge < -0.3 is 78.1 Å². The number of imide groups is 1. The summed E-state index contributed by atoms with van der Waals surface area (Å²) in [4.78, 5) is 129. The lowest BCUT2D eigenvalue weighted by Crippen LogP contribution is -2.45. The molecule has 28 heteroatoms. The first kappa shape index (κ1) is 72.3. The number of amides is 8. The summed E-state index contributed by atoms with van der Waals surface area (Å²) < 4.78 is 45.7. The van der Waals surface area contributed by atoms with E-state index in [1.807, 2.05) is 19.1 Å². The molecular formula is C68H80ClN9O18. The molecule has 4 aromatic carbocycles. The average Bonchev–Trinajstić information content (AvgIpc) is 1.53. The summed E-state index contributed by atoms with van der Waals surface area (Å²) >= 11 is 6.67. The number of alkyl carbamates (subject to hydrolysis) is 1. The Labute approximate surface area is 559 Å². The number of nitrogens with zero attached hydrogens (tertiary/aromatic N) is 6. The SMILES string of the molecule is COCCOCCOCCOCCOC(=O)N[C@H](C(=O)C[C@@H](C)C(=O)Nc1ccc(COC(=O)N(C)CCN(CCOCCN2C(=O)C=CC2=O)C(=O)Oc2cc3c(c4c(C)cccc24)[C@H](CCl)CN3C(=O)c2cn3cc(NC(=O)c4ccc(O)cc4)ccc3n2)cc1)C(C)C. The molecule has 4 heterocycles. The topological polar surface area (TPSA) is 314 Å². The second kappa shape index (κ2) is 35.3. The van der Waals surface area contributed by atoms with Crippen LogP contribution in [-0.2, 0) is 58.9 Å². The molecule has 4 N–H and O–H groups in total. The third kappa shape index (κ3) is 19.8. The second-order valence-electron chi connectivity index (χ2n) is 23.1. The molecule has 2 aromatic heterocycles. The first-order chi connectivity index (χ1) is 46.2. The first-order valence-electron chi connectivity index (χ1n) is 31.3. The minimum atomic E-state index is -0.910. The molecule has 0 radical (unpaired) electrons. The molecule has 6 aromatic rings. The van der Waals surface area contributed by atoms with Gasteiger partial charge in [-0.3, -0.25) is 33.7 Å². The fourth-order valence-electron chi connectivity index (χ4n) is 10.5. The van der Waals surface area contributed by atoms with Gasteiger partial charge in [-0.25, -0.2) is 19.4 Å². The van der Waals surface area contributed by atoms with Crippen molar-refractivity contribution in [2.45, 2.75) is 52.7 Å². The maximum Gasteiger partial charge on any atom is 0.415 e. The minimum Gasteiger partial charge on any atom is -0.508 e. The highest BCUT2D eigenvalue weighted by atomic mass is 35.5. The standard InChI is InChI=1S/C68H80ClN9O18/c1-43(2)62(73-66(86)94-35-34-93-33-32-92-31-30-91-29-28-89-6)55(80)36-45(4)63(83)70-49-14-10-46(11-15-49)42-95-67(87)74(5)22-23-75(24-26-90-27-25-77-58(81)20-21-59(77)82)68(88)96-56-37-54-61(60-44(3)8-7-9-52(56)60)48(38-69)39-78(54)65(85)53-41-76-40-50(16-19-57(76)72-53)71-64(84)47-12-17-51(79)18-13-47/h7-21,37,40-41,43,45,48,62,79H,22-36,38-39,42H2,1-6H3,(H,70,83)(H,71,84)(H,73,86)/t45-,48-,62+/m1/s1. The van der Waals surface area contributed by atoms with Crippen molar-refractivity contribution >= 4 is 98.7 Å². The number of hydrogen-bond donors (Lipinski definition) is 4. The van der Waals surface area contributed by atoms with Gasteiger partial charge in [0.1, 0.15) is 36.1 Å². The molecule has 3 atom stereocenters. The van der Waals surface area contributed by atoms with Crippen LogP contribution in [0.4, 0.5) is 31.4 Å². The Morgan fingerprint density at radius 2 is 1.41 bits per heavy atom. The number of aromatic hydroxyl groups is 1. The molecule has 0 saturated carbocycles. The van der Waals surface area contributed by atoms with Gasteiger partial charge in [0.15, 0.2) is 5.78 Å². The maximum atomic E-state index is 14.7. The number of ketones is 1. The number of benzene rings is 4. The molecular weight excluding hydrogens is 1270 g/mol. The van der Waals surface area contributed by atoms with Gasteiger partial charge in [-0.05, 0) is 83.4 Å². The molecule has 2 aliphatic heterocycles. The van der Waals surface area contributed by atoms with E-state index in [1.165, 1.54) is 53.3 Å². The lowest BCUT2D eigenvalue weighted by atomic mass is 9.92. The summed E-state index contributed by atoms with van der Waals surface area (Å²) in [6.45, 7) is 9.27. The van der Waals surface area contributed by atoms with Gasteiger partial charge in [-0.1, -0.05) is 51.1 Å². The molecule has 2 aliphatic rings. The van der Waals surface area contributed by atoms with Crippen molar-refractivity contribution in [3.05, 3.63) is 137 Å². The molecule has 0 spiro atoms. The number of carbonyl (C=O) groups is 9. The largest absolute Gasteiger partial charge is 0.508 e. The van der Waals surface area contributed by atoms with E-state index in [2.05, 4.69) is 20.9 Å².